The lowest BCUT2D eigenvalue weighted by molar-refractivity contribution is -0.124. The van der Waals surface area contributed by atoms with Crippen LogP contribution in [0.1, 0.15) is 46.0 Å². The number of ether oxygens (including phenoxy) is 1. The van der Waals surface area contributed by atoms with Crippen molar-refractivity contribution in [2.75, 3.05) is 7.11 Å². The number of amides is 3. The van der Waals surface area contributed by atoms with Crippen LogP contribution in [-0.4, -0.2) is 35.4 Å². The highest BCUT2D eigenvalue weighted by Gasteiger charge is 2.26. The Labute approximate surface area is 199 Å². The average molecular weight is 463 g/mol. The number of hydrogen-bond acceptors (Lipinski definition) is 4. The van der Waals surface area contributed by atoms with E-state index in [1.807, 2.05) is 62.6 Å². The van der Waals surface area contributed by atoms with Gasteiger partial charge in [0.2, 0.25) is 0 Å². The summed E-state index contributed by atoms with van der Waals surface area (Å²) in [5.74, 6) is -1.22. The summed E-state index contributed by atoms with van der Waals surface area (Å²) in [6.07, 6.45) is 0. The highest BCUT2D eigenvalue weighted by atomic mass is 16.5. The molecule has 1 aromatic heterocycles. The molecule has 0 spiro atoms. The number of para-hydroxylation sites is 2. The van der Waals surface area contributed by atoms with E-state index in [1.54, 1.807) is 30.3 Å². The van der Waals surface area contributed by atoms with E-state index in [1.165, 1.54) is 7.11 Å². The minimum Gasteiger partial charge on any atom is -0.496 e. The molecule has 1 atom stereocenters. The predicted octanol–water partition coefficient (Wildman–Crippen LogP) is 3.32. The van der Waals surface area contributed by atoms with E-state index in [0.29, 0.717) is 16.9 Å². The van der Waals surface area contributed by atoms with Crippen LogP contribution in [0.3, 0.4) is 0 Å². The third kappa shape index (κ3) is 5.28. The molecule has 0 saturated heterocycles. The number of carbonyl (C=O) groups is 3. The lowest BCUT2D eigenvalue weighted by Crippen LogP contribution is -2.54. The zero-order valence-corrected chi connectivity index (χ0v) is 20.0. The van der Waals surface area contributed by atoms with Gasteiger partial charge in [0.05, 0.1) is 18.2 Å². The number of hydrazine groups is 1. The minimum absolute atomic E-state index is 0.223. The van der Waals surface area contributed by atoms with Crippen LogP contribution in [0.15, 0.2) is 60.7 Å². The molecule has 0 aliphatic heterocycles. The largest absolute Gasteiger partial charge is 0.496 e. The van der Waals surface area contributed by atoms with Crippen molar-refractivity contribution in [3.05, 3.63) is 83.2 Å². The second-order valence-corrected chi connectivity index (χ2v) is 8.29. The van der Waals surface area contributed by atoms with Crippen molar-refractivity contribution >= 4 is 17.7 Å². The summed E-state index contributed by atoms with van der Waals surface area (Å²) in [6, 6.07) is 17.4. The van der Waals surface area contributed by atoms with Gasteiger partial charge in [-0.1, -0.05) is 44.2 Å². The van der Waals surface area contributed by atoms with Crippen molar-refractivity contribution < 1.29 is 19.1 Å². The second kappa shape index (κ2) is 10.7. The number of carbonyl (C=O) groups excluding carboxylic acids is 3. The Kier molecular flexibility index (Phi) is 7.73. The maximum absolute atomic E-state index is 12.8. The van der Waals surface area contributed by atoms with Crippen molar-refractivity contribution in [2.24, 2.45) is 5.92 Å². The molecule has 0 saturated carbocycles. The average Bonchev–Trinajstić information content (AvgIpc) is 3.14. The molecule has 3 aromatic rings. The van der Waals surface area contributed by atoms with E-state index < -0.39 is 23.8 Å². The molecule has 0 aliphatic carbocycles. The molecule has 0 unspecified atom stereocenters. The molecule has 8 heteroatoms. The maximum atomic E-state index is 12.8. The fourth-order valence-electron chi connectivity index (χ4n) is 3.82. The molecule has 0 bridgehead atoms. The Morgan fingerprint density at radius 1 is 0.853 bits per heavy atom. The van der Waals surface area contributed by atoms with Crippen molar-refractivity contribution in [3.63, 3.8) is 0 Å². The molecule has 0 radical (unpaired) electrons. The van der Waals surface area contributed by atoms with Gasteiger partial charge >= 0.3 is 0 Å². The molecule has 8 nitrogen and oxygen atoms in total. The monoisotopic (exact) mass is 462 g/mol. The Morgan fingerprint density at radius 3 is 2.15 bits per heavy atom. The number of aromatic nitrogens is 1. The summed E-state index contributed by atoms with van der Waals surface area (Å²) in [6.45, 7) is 7.38. The number of aryl methyl sites for hydroxylation is 1. The Balaban J connectivity index is 1.70. The van der Waals surface area contributed by atoms with E-state index in [0.717, 1.165) is 17.1 Å². The minimum atomic E-state index is -0.866. The number of methoxy groups -OCH3 is 1. The fraction of sp³-hybridized carbons (Fsp3) is 0.269. The van der Waals surface area contributed by atoms with Gasteiger partial charge in [0.15, 0.2) is 0 Å². The summed E-state index contributed by atoms with van der Waals surface area (Å²) in [7, 11) is 1.48. The normalized spacial score (nSPS) is 11.6. The Hall–Kier alpha value is -4.07. The van der Waals surface area contributed by atoms with Crippen LogP contribution in [0.25, 0.3) is 5.69 Å². The SMILES string of the molecule is COc1ccccc1C(=O)N[C@H](C(=O)NNC(=O)c1cc(C)n(-c2ccccc2)c1C)C(C)C. The van der Waals surface area contributed by atoms with Gasteiger partial charge in [0, 0.05) is 17.1 Å². The van der Waals surface area contributed by atoms with Crippen molar-refractivity contribution in [1.29, 1.82) is 0 Å². The van der Waals surface area contributed by atoms with Gasteiger partial charge in [-0.25, -0.2) is 0 Å². The van der Waals surface area contributed by atoms with Gasteiger partial charge < -0.3 is 14.6 Å². The summed E-state index contributed by atoms with van der Waals surface area (Å²) in [5.41, 5.74) is 8.28. The van der Waals surface area contributed by atoms with Gasteiger partial charge in [-0.15, -0.1) is 0 Å². The number of nitrogens with one attached hydrogen (secondary N) is 3. The van der Waals surface area contributed by atoms with Gasteiger partial charge in [-0.05, 0) is 50.1 Å². The van der Waals surface area contributed by atoms with Gasteiger partial charge in [0.1, 0.15) is 11.8 Å². The van der Waals surface area contributed by atoms with Crippen LogP contribution in [0.5, 0.6) is 5.75 Å². The molecule has 2 aromatic carbocycles. The van der Waals surface area contributed by atoms with Gasteiger partial charge in [-0.3, -0.25) is 25.2 Å². The Bertz CT molecular complexity index is 1180. The fourth-order valence-corrected chi connectivity index (χ4v) is 3.82. The molecular formula is C26H30N4O4. The number of rotatable bonds is 7. The first-order valence-electron chi connectivity index (χ1n) is 11.0. The third-order valence-corrected chi connectivity index (χ3v) is 5.58. The third-order valence-electron chi connectivity index (χ3n) is 5.58. The topological polar surface area (TPSA) is 101 Å². The van der Waals surface area contributed by atoms with Crippen molar-refractivity contribution in [2.45, 2.75) is 33.7 Å². The van der Waals surface area contributed by atoms with Crippen LogP contribution >= 0.6 is 0 Å². The van der Waals surface area contributed by atoms with E-state index in [2.05, 4.69) is 16.2 Å². The summed E-state index contributed by atoms with van der Waals surface area (Å²) in [5, 5.41) is 2.73. The van der Waals surface area contributed by atoms with E-state index in [4.69, 9.17) is 4.74 Å². The quantitative estimate of drug-likeness (QED) is 0.469. The van der Waals surface area contributed by atoms with Crippen molar-refractivity contribution in [1.82, 2.24) is 20.7 Å². The first-order valence-corrected chi connectivity index (χ1v) is 11.0. The lowest BCUT2D eigenvalue weighted by Gasteiger charge is -2.22. The maximum Gasteiger partial charge on any atom is 0.271 e. The van der Waals surface area contributed by atoms with Crippen LogP contribution in [0, 0.1) is 19.8 Å². The summed E-state index contributed by atoms with van der Waals surface area (Å²) in [4.78, 5) is 38.4. The molecule has 1 heterocycles. The highest BCUT2D eigenvalue weighted by Crippen LogP contribution is 2.21. The standard InChI is InChI=1S/C26H30N4O4/c1-16(2)23(27-24(31)20-13-9-10-14-22(20)34-5)26(33)29-28-25(32)21-15-17(3)30(18(21)4)19-11-7-6-8-12-19/h6-16,23H,1-5H3,(H,27,31)(H,28,32)(H,29,33)/t23-/m0/s1. The molecule has 178 valence electrons. The smallest absolute Gasteiger partial charge is 0.271 e. The predicted molar refractivity (Wildman–Crippen MR) is 130 cm³/mol. The molecular weight excluding hydrogens is 432 g/mol. The Morgan fingerprint density at radius 2 is 1.50 bits per heavy atom. The zero-order valence-electron chi connectivity index (χ0n) is 20.0. The van der Waals surface area contributed by atoms with Crippen molar-refractivity contribution in [3.8, 4) is 11.4 Å². The van der Waals surface area contributed by atoms with E-state index in [-0.39, 0.29) is 5.92 Å². The van der Waals surface area contributed by atoms with E-state index in [9.17, 15) is 14.4 Å². The van der Waals surface area contributed by atoms with Crippen LogP contribution < -0.4 is 20.9 Å². The molecule has 3 amide bonds. The number of benzene rings is 2. The van der Waals surface area contributed by atoms with Crippen LogP contribution in [0.2, 0.25) is 0 Å². The van der Waals surface area contributed by atoms with E-state index >= 15 is 0 Å². The lowest BCUT2D eigenvalue weighted by atomic mass is 10.0. The molecule has 0 fully saturated rings. The molecule has 34 heavy (non-hydrogen) atoms. The first-order chi connectivity index (χ1) is 16.2. The molecule has 3 N–H and O–H groups in total. The highest BCUT2D eigenvalue weighted by molar-refractivity contribution is 6.01. The molecule has 0 aliphatic rings. The van der Waals surface area contributed by atoms with Gasteiger partial charge in [0.25, 0.3) is 17.7 Å². The second-order valence-electron chi connectivity index (χ2n) is 8.29. The number of nitrogens with zero attached hydrogens (tertiary/aromatic N) is 1. The summed E-state index contributed by atoms with van der Waals surface area (Å²) >= 11 is 0. The van der Waals surface area contributed by atoms with Crippen LogP contribution in [0.4, 0.5) is 0 Å². The number of hydrogen-bond donors (Lipinski definition) is 3. The first kappa shape index (κ1) is 24.6. The van der Waals surface area contributed by atoms with Crippen LogP contribution in [-0.2, 0) is 4.79 Å². The zero-order chi connectivity index (χ0) is 24.8. The molecule has 3 rings (SSSR count). The summed E-state index contributed by atoms with van der Waals surface area (Å²) < 4.78 is 7.20. The van der Waals surface area contributed by atoms with Gasteiger partial charge in [-0.2, -0.15) is 0 Å².